The Hall–Kier alpha value is -3.53. The van der Waals surface area contributed by atoms with Gasteiger partial charge in [0.05, 0.1) is 5.69 Å². The maximum Gasteiger partial charge on any atom is 0.219 e. The van der Waals surface area contributed by atoms with Gasteiger partial charge in [-0.1, -0.05) is 37.8 Å². The monoisotopic (exact) mass is 557 g/mol. The average Bonchev–Trinajstić information content (AvgIpc) is 3.40. The molecule has 0 spiro atoms. The van der Waals surface area contributed by atoms with Crippen molar-refractivity contribution in [2.75, 3.05) is 32.8 Å². The first kappa shape index (κ1) is 28.0. The van der Waals surface area contributed by atoms with E-state index in [1.807, 2.05) is 46.1 Å². The number of benzene rings is 2. The number of nitrogens with zero attached hydrogens (tertiary/aromatic N) is 5. The second kappa shape index (κ2) is 12.3. The Morgan fingerprint density at radius 3 is 2.45 bits per heavy atom. The van der Waals surface area contributed by atoms with Crippen molar-refractivity contribution in [3.05, 3.63) is 72.6 Å². The van der Waals surface area contributed by atoms with Crippen molar-refractivity contribution in [1.29, 1.82) is 0 Å². The third-order valence-electron chi connectivity index (χ3n) is 7.28. The highest BCUT2D eigenvalue weighted by Crippen LogP contribution is 2.27. The normalized spacial score (nSPS) is 14.6. The Morgan fingerprint density at radius 2 is 1.73 bits per heavy atom. The molecule has 0 aliphatic carbocycles. The van der Waals surface area contributed by atoms with Crippen molar-refractivity contribution in [2.45, 2.75) is 45.9 Å². The Balaban J connectivity index is 1.18. The molecule has 5 rings (SSSR count). The summed E-state index contributed by atoms with van der Waals surface area (Å²) < 4.78 is 13.8. The molecule has 0 N–H and O–H groups in total. The zero-order chi connectivity index (χ0) is 28.1. The van der Waals surface area contributed by atoms with Gasteiger partial charge in [-0.25, -0.2) is 9.67 Å². The Morgan fingerprint density at radius 1 is 0.950 bits per heavy atom. The molecule has 1 aliphatic heterocycles. The lowest BCUT2D eigenvalue weighted by Gasteiger charge is -2.34. The van der Waals surface area contributed by atoms with E-state index in [4.69, 9.17) is 9.47 Å². The first-order valence-corrected chi connectivity index (χ1v) is 17.7. The van der Waals surface area contributed by atoms with Crippen molar-refractivity contribution in [2.24, 2.45) is 0 Å². The standard InChI is InChI=1S/C31H39N5O3Si/c1-24(37)35-15-13-34(14-16-35)22-25-5-6-27-20-29(9-7-26(27)19-25)39-31-10-8-28(21-32-31)30-11-12-33-36(30)23-38-17-18-40(2,3)4/h5-12,19-21H,13-18,22-23H2,1-4H3. The van der Waals surface area contributed by atoms with Crippen molar-refractivity contribution < 1.29 is 14.3 Å². The van der Waals surface area contributed by atoms with Gasteiger partial charge in [0, 0.05) is 78.4 Å². The number of rotatable bonds is 10. The number of pyridine rings is 1. The maximum absolute atomic E-state index is 11.6. The van der Waals surface area contributed by atoms with Gasteiger partial charge in [0.15, 0.2) is 0 Å². The number of carbonyl (C=O) groups is 1. The topological polar surface area (TPSA) is 72.7 Å². The van der Waals surface area contributed by atoms with E-state index in [2.05, 4.69) is 58.9 Å². The number of aromatic nitrogens is 3. The van der Waals surface area contributed by atoms with E-state index in [1.165, 1.54) is 10.9 Å². The second-order valence-corrected chi connectivity index (χ2v) is 17.3. The van der Waals surface area contributed by atoms with Crippen LogP contribution < -0.4 is 4.74 Å². The van der Waals surface area contributed by atoms with Crippen LogP contribution in [0, 0.1) is 0 Å². The molecule has 1 saturated heterocycles. The van der Waals surface area contributed by atoms with Crippen LogP contribution in [-0.4, -0.2) is 71.3 Å². The molecule has 1 aliphatic rings. The Kier molecular flexibility index (Phi) is 8.63. The maximum atomic E-state index is 11.6. The lowest BCUT2D eigenvalue weighted by molar-refractivity contribution is -0.130. The number of piperazine rings is 1. The van der Waals surface area contributed by atoms with E-state index >= 15 is 0 Å². The molecule has 210 valence electrons. The van der Waals surface area contributed by atoms with E-state index in [0.717, 1.165) is 67.8 Å². The van der Waals surface area contributed by atoms with Crippen molar-refractivity contribution >= 4 is 24.8 Å². The molecule has 0 radical (unpaired) electrons. The van der Waals surface area contributed by atoms with Gasteiger partial charge in [-0.2, -0.15) is 5.10 Å². The number of fused-ring (bicyclic) bond motifs is 1. The summed E-state index contributed by atoms with van der Waals surface area (Å²) in [6.45, 7) is 14.2. The summed E-state index contributed by atoms with van der Waals surface area (Å²) in [7, 11) is -1.12. The van der Waals surface area contributed by atoms with Crippen molar-refractivity contribution in [1.82, 2.24) is 24.6 Å². The third-order valence-corrected chi connectivity index (χ3v) is 8.99. The highest BCUT2D eigenvalue weighted by molar-refractivity contribution is 6.76. The van der Waals surface area contributed by atoms with Crippen LogP contribution in [0.1, 0.15) is 12.5 Å². The lowest BCUT2D eigenvalue weighted by atomic mass is 10.1. The highest BCUT2D eigenvalue weighted by atomic mass is 28.3. The largest absolute Gasteiger partial charge is 0.439 e. The number of ether oxygens (including phenoxy) is 2. The summed E-state index contributed by atoms with van der Waals surface area (Å²) in [5, 5.41) is 6.72. The average molecular weight is 558 g/mol. The summed E-state index contributed by atoms with van der Waals surface area (Å²) in [5.74, 6) is 1.46. The molecule has 1 amide bonds. The molecule has 2 aromatic carbocycles. The number of hydrogen-bond acceptors (Lipinski definition) is 6. The fraction of sp³-hybridized carbons (Fsp3) is 0.387. The minimum atomic E-state index is -1.12. The van der Waals surface area contributed by atoms with E-state index in [9.17, 15) is 4.79 Å². The predicted molar refractivity (Wildman–Crippen MR) is 161 cm³/mol. The highest BCUT2D eigenvalue weighted by Gasteiger charge is 2.18. The van der Waals surface area contributed by atoms with Gasteiger partial charge in [0.25, 0.3) is 0 Å². The smallest absolute Gasteiger partial charge is 0.219 e. The molecular weight excluding hydrogens is 518 g/mol. The summed E-state index contributed by atoms with van der Waals surface area (Å²) in [4.78, 5) is 20.4. The SMILES string of the molecule is CC(=O)N1CCN(Cc2ccc3cc(Oc4ccc(-c5ccnn5COCC[Si](C)(C)C)cn4)ccc3c2)CC1. The van der Waals surface area contributed by atoms with Gasteiger partial charge in [0.1, 0.15) is 12.5 Å². The second-order valence-electron chi connectivity index (χ2n) is 11.7. The van der Waals surface area contributed by atoms with Crippen LogP contribution in [0.5, 0.6) is 11.6 Å². The molecule has 2 aromatic heterocycles. The molecule has 0 bridgehead atoms. The molecule has 0 atom stereocenters. The zero-order valence-electron chi connectivity index (χ0n) is 24.0. The van der Waals surface area contributed by atoms with Gasteiger partial charge in [-0.15, -0.1) is 0 Å². The molecule has 9 heteroatoms. The van der Waals surface area contributed by atoms with Gasteiger partial charge in [-0.05, 0) is 52.7 Å². The van der Waals surface area contributed by atoms with Crippen LogP contribution >= 0.6 is 0 Å². The van der Waals surface area contributed by atoms with Crippen LogP contribution in [0.2, 0.25) is 25.7 Å². The number of amides is 1. The minimum absolute atomic E-state index is 0.163. The Labute approximate surface area is 237 Å². The lowest BCUT2D eigenvalue weighted by Crippen LogP contribution is -2.47. The van der Waals surface area contributed by atoms with Crippen molar-refractivity contribution in [3.8, 4) is 22.9 Å². The molecule has 0 unspecified atom stereocenters. The quantitative estimate of drug-likeness (QED) is 0.179. The number of carbonyl (C=O) groups excluding carboxylic acids is 1. The van der Waals surface area contributed by atoms with E-state index in [0.29, 0.717) is 12.6 Å². The zero-order valence-corrected chi connectivity index (χ0v) is 25.0. The van der Waals surface area contributed by atoms with E-state index in [1.54, 1.807) is 13.1 Å². The van der Waals surface area contributed by atoms with E-state index < -0.39 is 8.07 Å². The summed E-state index contributed by atoms with van der Waals surface area (Å²) in [6.07, 6.45) is 3.60. The molecule has 8 nitrogen and oxygen atoms in total. The summed E-state index contributed by atoms with van der Waals surface area (Å²) >= 11 is 0. The Bertz CT molecular complexity index is 1440. The van der Waals surface area contributed by atoms with Crippen LogP contribution in [0.3, 0.4) is 0 Å². The van der Waals surface area contributed by atoms with Gasteiger partial charge in [0.2, 0.25) is 11.8 Å². The summed E-state index contributed by atoms with van der Waals surface area (Å²) in [6, 6.07) is 19.7. The van der Waals surface area contributed by atoms with Crippen LogP contribution in [0.4, 0.5) is 0 Å². The first-order valence-electron chi connectivity index (χ1n) is 14.0. The van der Waals surface area contributed by atoms with Gasteiger partial charge < -0.3 is 14.4 Å². The number of hydrogen-bond donors (Lipinski definition) is 0. The molecule has 40 heavy (non-hydrogen) atoms. The van der Waals surface area contributed by atoms with Crippen LogP contribution in [-0.2, 0) is 22.8 Å². The minimum Gasteiger partial charge on any atom is -0.439 e. The molecule has 4 aromatic rings. The van der Waals surface area contributed by atoms with Crippen LogP contribution in [0.15, 0.2) is 67.0 Å². The first-order chi connectivity index (χ1) is 19.2. The van der Waals surface area contributed by atoms with Gasteiger partial charge >= 0.3 is 0 Å². The third kappa shape index (κ3) is 7.35. The van der Waals surface area contributed by atoms with Gasteiger partial charge in [-0.3, -0.25) is 9.69 Å². The fourth-order valence-electron chi connectivity index (χ4n) is 4.84. The fourth-order valence-corrected chi connectivity index (χ4v) is 5.59. The predicted octanol–water partition coefficient (Wildman–Crippen LogP) is 5.87. The van der Waals surface area contributed by atoms with E-state index in [-0.39, 0.29) is 5.91 Å². The molecule has 1 fully saturated rings. The van der Waals surface area contributed by atoms with Crippen molar-refractivity contribution in [3.63, 3.8) is 0 Å². The molecule has 0 saturated carbocycles. The molecule has 3 heterocycles. The summed E-state index contributed by atoms with van der Waals surface area (Å²) in [5.41, 5.74) is 3.21. The molecular formula is C31H39N5O3Si. The van der Waals surface area contributed by atoms with Crippen LogP contribution in [0.25, 0.3) is 22.0 Å².